The first-order valence-electron chi connectivity index (χ1n) is 6.05. The number of hydrogen-bond acceptors (Lipinski definition) is 2. The molecule has 0 spiro atoms. The summed E-state index contributed by atoms with van der Waals surface area (Å²) in [5.74, 6) is 0. The van der Waals surface area contributed by atoms with Crippen LogP contribution in [0.3, 0.4) is 0 Å². The van der Waals surface area contributed by atoms with Crippen molar-refractivity contribution in [1.29, 1.82) is 0 Å². The van der Waals surface area contributed by atoms with Crippen LogP contribution in [0.1, 0.15) is 18.5 Å². The predicted molar refractivity (Wildman–Crippen MR) is 73.4 cm³/mol. The minimum atomic E-state index is -0.380. The van der Waals surface area contributed by atoms with Gasteiger partial charge in [0.05, 0.1) is 11.6 Å². The lowest BCUT2D eigenvalue weighted by molar-refractivity contribution is 0.619. The second-order valence-corrected chi connectivity index (χ2v) is 4.48. The Bertz CT molecular complexity index is 827. The van der Waals surface area contributed by atoms with Crippen LogP contribution in [0.2, 0.25) is 0 Å². The van der Waals surface area contributed by atoms with E-state index in [2.05, 4.69) is 10.2 Å². The number of hydrogen-bond donors (Lipinski definition) is 2. The zero-order chi connectivity index (χ0) is 13.4. The summed E-state index contributed by atoms with van der Waals surface area (Å²) in [7, 11) is 0. The second-order valence-electron chi connectivity index (χ2n) is 4.48. The van der Waals surface area contributed by atoms with E-state index < -0.39 is 0 Å². The highest BCUT2D eigenvalue weighted by atomic mass is 16.1. The Morgan fingerprint density at radius 3 is 2.53 bits per heavy atom. The van der Waals surface area contributed by atoms with Crippen molar-refractivity contribution in [1.82, 2.24) is 14.8 Å². The average molecular weight is 255 g/mol. The van der Waals surface area contributed by atoms with E-state index >= 15 is 0 Å². The largest absolute Gasteiger partial charge is 0.307 e. The summed E-state index contributed by atoms with van der Waals surface area (Å²) in [6.07, 6.45) is 1.70. The fourth-order valence-corrected chi connectivity index (χ4v) is 2.26. The Balaban J connectivity index is 2.21. The van der Waals surface area contributed by atoms with Crippen LogP contribution in [0.5, 0.6) is 0 Å². The Morgan fingerprint density at radius 1 is 1.05 bits per heavy atom. The lowest BCUT2D eigenvalue weighted by Crippen LogP contribution is -2.25. The molecule has 5 heteroatoms. The minimum Gasteiger partial charge on any atom is -0.307 e. The van der Waals surface area contributed by atoms with Crippen LogP contribution in [0.4, 0.5) is 0 Å². The fourth-order valence-electron chi connectivity index (χ4n) is 2.26. The zero-order valence-electron chi connectivity index (χ0n) is 10.4. The molecule has 2 N–H and O–H groups in total. The molecule has 0 saturated carbocycles. The molecule has 3 rings (SSSR count). The number of rotatable bonds is 2. The second kappa shape index (κ2) is 4.28. The Hall–Kier alpha value is -2.56. The van der Waals surface area contributed by atoms with Gasteiger partial charge >= 0.3 is 0 Å². The van der Waals surface area contributed by atoms with Crippen LogP contribution in [0, 0.1) is 0 Å². The van der Waals surface area contributed by atoms with Gasteiger partial charge in [-0.25, -0.2) is 0 Å². The van der Waals surface area contributed by atoms with Crippen LogP contribution in [-0.2, 0) is 0 Å². The van der Waals surface area contributed by atoms with Crippen LogP contribution in [-0.4, -0.2) is 14.8 Å². The first kappa shape index (κ1) is 11.5. The summed E-state index contributed by atoms with van der Waals surface area (Å²) in [5.41, 5.74) is 0.897. The maximum Gasteiger partial charge on any atom is 0.277 e. The molecule has 0 amide bonds. The van der Waals surface area contributed by atoms with E-state index in [1.54, 1.807) is 16.8 Å². The molecule has 1 unspecified atom stereocenters. The van der Waals surface area contributed by atoms with Gasteiger partial charge in [-0.3, -0.25) is 19.8 Å². The number of fused-ring (bicyclic) bond motifs is 1. The molecule has 0 aliphatic carbocycles. The molecular formula is C14H13N3O2. The third-order valence-electron chi connectivity index (χ3n) is 3.36. The predicted octanol–water partition coefficient (Wildman–Crippen LogP) is 1.63. The Kier molecular flexibility index (Phi) is 2.59. The van der Waals surface area contributed by atoms with E-state index in [0.717, 1.165) is 5.56 Å². The maximum atomic E-state index is 12.3. The van der Waals surface area contributed by atoms with E-state index in [1.807, 2.05) is 37.3 Å². The van der Waals surface area contributed by atoms with Gasteiger partial charge in [0.1, 0.15) is 5.39 Å². The molecule has 19 heavy (non-hydrogen) atoms. The SMILES string of the molecule is CC(c1ccccc1)n1ccc2[nH][nH]c(=O)c2c1=O. The van der Waals surface area contributed by atoms with Crippen LogP contribution in [0.25, 0.3) is 10.9 Å². The minimum absolute atomic E-state index is 0.118. The highest BCUT2D eigenvalue weighted by Crippen LogP contribution is 2.16. The number of H-pyrrole nitrogens is 2. The summed E-state index contributed by atoms with van der Waals surface area (Å²) in [6.45, 7) is 1.93. The lowest BCUT2D eigenvalue weighted by Gasteiger charge is -2.15. The third kappa shape index (κ3) is 1.79. The Labute approximate surface area is 108 Å². The molecule has 0 aliphatic heterocycles. The summed E-state index contributed by atoms with van der Waals surface area (Å²) >= 11 is 0. The van der Waals surface area contributed by atoms with E-state index in [9.17, 15) is 9.59 Å². The maximum absolute atomic E-state index is 12.3. The molecule has 1 aromatic carbocycles. The number of aromatic nitrogens is 3. The fraction of sp³-hybridized carbons (Fsp3) is 0.143. The van der Waals surface area contributed by atoms with Crippen LogP contribution >= 0.6 is 0 Å². The lowest BCUT2D eigenvalue weighted by atomic mass is 10.1. The van der Waals surface area contributed by atoms with Crippen LogP contribution in [0.15, 0.2) is 52.2 Å². The van der Waals surface area contributed by atoms with Crippen molar-refractivity contribution in [2.75, 3.05) is 0 Å². The van der Waals surface area contributed by atoms with Gasteiger partial charge in [0.25, 0.3) is 11.1 Å². The molecule has 2 heterocycles. The van der Waals surface area contributed by atoms with Crippen molar-refractivity contribution in [3.63, 3.8) is 0 Å². The van der Waals surface area contributed by atoms with Crippen LogP contribution < -0.4 is 11.1 Å². The van der Waals surface area contributed by atoms with Gasteiger partial charge in [0.2, 0.25) is 0 Å². The number of benzene rings is 1. The standard InChI is InChI=1S/C14H13N3O2/c1-9(10-5-3-2-4-6-10)17-8-7-11-12(14(17)19)13(18)16-15-11/h2-9H,1H3,(H2,15,16,18). The summed E-state index contributed by atoms with van der Waals surface area (Å²) in [4.78, 5) is 24.0. The molecule has 0 saturated heterocycles. The smallest absolute Gasteiger partial charge is 0.277 e. The van der Waals surface area contributed by atoms with Crippen molar-refractivity contribution in [2.24, 2.45) is 0 Å². The summed E-state index contributed by atoms with van der Waals surface area (Å²) < 4.78 is 1.57. The molecule has 96 valence electrons. The van der Waals surface area contributed by atoms with Gasteiger partial charge < -0.3 is 4.57 Å². The number of nitrogens with zero attached hydrogens (tertiary/aromatic N) is 1. The van der Waals surface area contributed by atoms with E-state index in [4.69, 9.17) is 0 Å². The summed E-state index contributed by atoms with van der Waals surface area (Å²) in [5, 5.41) is 5.28. The first-order valence-corrected chi connectivity index (χ1v) is 6.05. The number of nitrogens with one attached hydrogen (secondary N) is 2. The third-order valence-corrected chi connectivity index (χ3v) is 3.36. The van der Waals surface area contributed by atoms with Gasteiger partial charge in [-0.2, -0.15) is 0 Å². The average Bonchev–Trinajstić information content (AvgIpc) is 2.82. The molecule has 0 fully saturated rings. The number of aromatic amines is 2. The molecule has 3 aromatic rings. The van der Waals surface area contributed by atoms with Crippen molar-refractivity contribution in [3.8, 4) is 0 Å². The van der Waals surface area contributed by atoms with Gasteiger partial charge in [0.15, 0.2) is 0 Å². The zero-order valence-corrected chi connectivity index (χ0v) is 10.4. The topological polar surface area (TPSA) is 70.7 Å². The summed E-state index contributed by atoms with van der Waals surface area (Å²) in [6, 6.07) is 11.3. The number of pyridine rings is 1. The van der Waals surface area contributed by atoms with Crippen molar-refractivity contribution < 1.29 is 0 Å². The van der Waals surface area contributed by atoms with Crippen molar-refractivity contribution in [3.05, 3.63) is 68.9 Å². The molecule has 5 nitrogen and oxygen atoms in total. The molecule has 2 aromatic heterocycles. The molecular weight excluding hydrogens is 242 g/mol. The Morgan fingerprint density at radius 2 is 1.79 bits per heavy atom. The monoisotopic (exact) mass is 255 g/mol. The van der Waals surface area contributed by atoms with E-state index in [1.165, 1.54) is 0 Å². The van der Waals surface area contributed by atoms with Gasteiger partial charge in [0, 0.05) is 6.20 Å². The highest BCUT2D eigenvalue weighted by molar-refractivity contribution is 5.76. The molecule has 0 bridgehead atoms. The van der Waals surface area contributed by atoms with Gasteiger partial charge in [-0.15, -0.1) is 0 Å². The van der Waals surface area contributed by atoms with Gasteiger partial charge in [-0.1, -0.05) is 30.3 Å². The highest BCUT2D eigenvalue weighted by Gasteiger charge is 2.13. The quantitative estimate of drug-likeness (QED) is 0.730. The first-order chi connectivity index (χ1) is 9.18. The molecule has 0 radical (unpaired) electrons. The molecule has 1 atom stereocenters. The van der Waals surface area contributed by atoms with E-state index in [-0.39, 0.29) is 22.5 Å². The van der Waals surface area contributed by atoms with E-state index in [0.29, 0.717) is 5.52 Å². The normalized spacial score (nSPS) is 12.7. The van der Waals surface area contributed by atoms with Gasteiger partial charge in [-0.05, 0) is 18.6 Å². The van der Waals surface area contributed by atoms with Crippen molar-refractivity contribution >= 4 is 10.9 Å². The molecule has 0 aliphatic rings. The van der Waals surface area contributed by atoms with Crippen molar-refractivity contribution in [2.45, 2.75) is 13.0 Å².